The molecule has 0 atom stereocenters. The van der Waals surface area contributed by atoms with Crippen molar-refractivity contribution in [2.75, 3.05) is 5.32 Å². The van der Waals surface area contributed by atoms with Crippen LogP contribution in [0, 0.1) is 0 Å². The van der Waals surface area contributed by atoms with E-state index in [2.05, 4.69) is 28.2 Å². The summed E-state index contributed by atoms with van der Waals surface area (Å²) in [5.41, 5.74) is 0.651. The van der Waals surface area contributed by atoms with Gasteiger partial charge in [0.15, 0.2) is 0 Å². The number of benzene rings is 1. The van der Waals surface area contributed by atoms with Gasteiger partial charge < -0.3 is 10.4 Å². The predicted molar refractivity (Wildman–Crippen MR) is 73.9 cm³/mol. The second kappa shape index (κ2) is 7.16. The van der Waals surface area contributed by atoms with Crippen LogP contribution in [0.1, 0.15) is 43.0 Å². The van der Waals surface area contributed by atoms with Gasteiger partial charge >= 0.3 is 5.97 Å². The van der Waals surface area contributed by atoms with Crippen molar-refractivity contribution in [3.8, 4) is 0 Å². The third-order valence-electron chi connectivity index (χ3n) is 2.49. The Labute approximate surface area is 115 Å². The molecule has 5 heteroatoms. The molecule has 0 saturated heterocycles. The van der Waals surface area contributed by atoms with Crippen LogP contribution in [-0.4, -0.2) is 17.0 Å². The van der Waals surface area contributed by atoms with Crippen LogP contribution in [0.15, 0.2) is 22.7 Å². The van der Waals surface area contributed by atoms with Crippen molar-refractivity contribution >= 4 is 33.5 Å². The molecule has 0 aliphatic carbocycles. The molecular formula is C13H16BrNO3. The minimum absolute atomic E-state index is 0.0910. The van der Waals surface area contributed by atoms with E-state index >= 15 is 0 Å². The molecule has 0 heterocycles. The normalized spacial score (nSPS) is 10.1. The summed E-state index contributed by atoms with van der Waals surface area (Å²) in [6, 6.07) is 4.55. The van der Waals surface area contributed by atoms with Crippen LogP contribution < -0.4 is 5.32 Å². The van der Waals surface area contributed by atoms with Crippen LogP contribution in [0.5, 0.6) is 0 Å². The monoisotopic (exact) mass is 313 g/mol. The van der Waals surface area contributed by atoms with Gasteiger partial charge in [0, 0.05) is 10.9 Å². The van der Waals surface area contributed by atoms with E-state index < -0.39 is 5.97 Å². The van der Waals surface area contributed by atoms with Gasteiger partial charge in [0.2, 0.25) is 5.91 Å². The molecule has 2 N–H and O–H groups in total. The van der Waals surface area contributed by atoms with Crippen LogP contribution in [0.4, 0.5) is 5.69 Å². The number of hydrogen-bond donors (Lipinski definition) is 2. The number of nitrogens with one attached hydrogen (secondary N) is 1. The zero-order valence-corrected chi connectivity index (χ0v) is 11.8. The van der Waals surface area contributed by atoms with E-state index in [-0.39, 0.29) is 11.5 Å². The van der Waals surface area contributed by atoms with Crippen molar-refractivity contribution in [2.45, 2.75) is 32.6 Å². The molecule has 0 radical (unpaired) electrons. The van der Waals surface area contributed by atoms with E-state index in [0.717, 1.165) is 19.3 Å². The number of hydrogen-bond acceptors (Lipinski definition) is 2. The van der Waals surface area contributed by atoms with Gasteiger partial charge in [-0.15, -0.1) is 0 Å². The Bertz CT molecular complexity index is 446. The van der Waals surface area contributed by atoms with Crippen LogP contribution in [0.2, 0.25) is 0 Å². The average Bonchev–Trinajstić information content (AvgIpc) is 2.32. The fraction of sp³-hybridized carbons (Fsp3) is 0.385. The summed E-state index contributed by atoms with van der Waals surface area (Å²) in [5, 5.41) is 11.6. The van der Waals surface area contributed by atoms with E-state index in [4.69, 9.17) is 5.11 Å². The highest BCUT2D eigenvalue weighted by molar-refractivity contribution is 9.10. The van der Waals surface area contributed by atoms with E-state index in [1.54, 1.807) is 6.07 Å². The summed E-state index contributed by atoms with van der Waals surface area (Å²) in [6.45, 7) is 2.07. The fourth-order valence-electron chi connectivity index (χ4n) is 1.50. The highest BCUT2D eigenvalue weighted by Crippen LogP contribution is 2.24. The van der Waals surface area contributed by atoms with Gasteiger partial charge in [-0.25, -0.2) is 4.79 Å². The largest absolute Gasteiger partial charge is 0.478 e. The number of aromatic carboxylic acids is 1. The zero-order valence-electron chi connectivity index (χ0n) is 10.2. The van der Waals surface area contributed by atoms with Crippen molar-refractivity contribution in [3.05, 3.63) is 28.2 Å². The molecule has 4 nitrogen and oxygen atoms in total. The second-order valence-electron chi connectivity index (χ2n) is 4.01. The Morgan fingerprint density at radius 1 is 1.33 bits per heavy atom. The molecule has 0 spiro atoms. The molecular weight excluding hydrogens is 298 g/mol. The number of amides is 1. The molecule has 1 rings (SSSR count). The summed E-state index contributed by atoms with van der Waals surface area (Å²) in [7, 11) is 0. The van der Waals surface area contributed by atoms with E-state index in [9.17, 15) is 9.59 Å². The molecule has 1 amide bonds. The number of carboxylic acids is 1. The lowest BCUT2D eigenvalue weighted by Gasteiger charge is -2.08. The Kier molecular flexibility index (Phi) is 5.85. The lowest BCUT2D eigenvalue weighted by atomic mass is 10.2. The van der Waals surface area contributed by atoms with Crippen molar-refractivity contribution in [3.63, 3.8) is 0 Å². The van der Waals surface area contributed by atoms with Crippen LogP contribution >= 0.6 is 15.9 Å². The molecule has 0 unspecified atom stereocenters. The van der Waals surface area contributed by atoms with Crippen LogP contribution in [0.3, 0.4) is 0 Å². The van der Waals surface area contributed by atoms with Gasteiger partial charge in [-0.2, -0.15) is 0 Å². The van der Waals surface area contributed by atoms with Gasteiger partial charge in [0.05, 0.1) is 11.3 Å². The first kappa shape index (κ1) is 14.7. The molecule has 0 aliphatic heterocycles. The maximum absolute atomic E-state index is 11.6. The van der Waals surface area contributed by atoms with Crippen molar-refractivity contribution in [1.82, 2.24) is 0 Å². The SMILES string of the molecule is CCCCCC(=O)Nc1cc(C(=O)O)ccc1Br. The number of rotatable bonds is 6. The van der Waals surface area contributed by atoms with E-state index in [1.807, 2.05) is 0 Å². The third-order valence-corrected chi connectivity index (χ3v) is 3.19. The molecule has 18 heavy (non-hydrogen) atoms. The molecule has 0 bridgehead atoms. The maximum Gasteiger partial charge on any atom is 0.335 e. The molecule has 98 valence electrons. The molecule has 1 aromatic carbocycles. The number of anilines is 1. The van der Waals surface area contributed by atoms with Crippen LogP contribution in [-0.2, 0) is 4.79 Å². The minimum Gasteiger partial charge on any atom is -0.478 e. The number of carbonyl (C=O) groups is 2. The number of halogens is 1. The minimum atomic E-state index is -1.01. The Balaban J connectivity index is 2.68. The highest BCUT2D eigenvalue weighted by atomic mass is 79.9. The van der Waals surface area contributed by atoms with Gasteiger partial charge in [0.25, 0.3) is 0 Å². The lowest BCUT2D eigenvalue weighted by Crippen LogP contribution is -2.12. The van der Waals surface area contributed by atoms with Crippen molar-refractivity contribution < 1.29 is 14.7 Å². The second-order valence-corrected chi connectivity index (χ2v) is 4.86. The molecule has 1 aromatic rings. The first-order valence-electron chi connectivity index (χ1n) is 5.87. The van der Waals surface area contributed by atoms with E-state index in [1.165, 1.54) is 12.1 Å². The molecule has 0 fully saturated rings. The number of carboxylic acid groups (broad SMARTS) is 1. The van der Waals surface area contributed by atoms with Gasteiger partial charge in [-0.05, 0) is 40.5 Å². The fourth-order valence-corrected chi connectivity index (χ4v) is 1.85. The van der Waals surface area contributed by atoms with Gasteiger partial charge in [-0.1, -0.05) is 19.8 Å². The first-order chi connectivity index (χ1) is 8.54. The van der Waals surface area contributed by atoms with Crippen molar-refractivity contribution in [1.29, 1.82) is 0 Å². The van der Waals surface area contributed by atoms with Gasteiger partial charge in [0.1, 0.15) is 0 Å². The number of carbonyl (C=O) groups excluding carboxylic acids is 1. The van der Waals surface area contributed by atoms with Crippen LogP contribution in [0.25, 0.3) is 0 Å². The Hall–Kier alpha value is -1.36. The van der Waals surface area contributed by atoms with E-state index in [0.29, 0.717) is 16.6 Å². The predicted octanol–water partition coefficient (Wildman–Crippen LogP) is 3.67. The van der Waals surface area contributed by atoms with Crippen molar-refractivity contribution in [2.24, 2.45) is 0 Å². The summed E-state index contributed by atoms with van der Waals surface area (Å²) >= 11 is 3.28. The summed E-state index contributed by atoms with van der Waals surface area (Å²) < 4.78 is 0.677. The quantitative estimate of drug-likeness (QED) is 0.787. The summed E-state index contributed by atoms with van der Waals surface area (Å²) in [4.78, 5) is 22.5. The first-order valence-corrected chi connectivity index (χ1v) is 6.66. The molecule has 0 aliphatic rings. The topological polar surface area (TPSA) is 66.4 Å². The maximum atomic E-state index is 11.6. The standard InChI is InChI=1S/C13H16BrNO3/c1-2-3-4-5-12(16)15-11-8-9(13(17)18)6-7-10(11)14/h6-8H,2-5H2,1H3,(H,15,16)(H,17,18). The average molecular weight is 314 g/mol. The zero-order chi connectivity index (χ0) is 13.5. The number of unbranched alkanes of at least 4 members (excludes halogenated alkanes) is 2. The Morgan fingerprint density at radius 2 is 2.06 bits per heavy atom. The highest BCUT2D eigenvalue weighted by Gasteiger charge is 2.09. The summed E-state index contributed by atoms with van der Waals surface area (Å²) in [6.07, 6.45) is 3.38. The van der Waals surface area contributed by atoms with Gasteiger partial charge in [-0.3, -0.25) is 4.79 Å². The molecule has 0 saturated carbocycles. The lowest BCUT2D eigenvalue weighted by molar-refractivity contribution is -0.116. The molecule has 0 aromatic heterocycles. The smallest absolute Gasteiger partial charge is 0.335 e. The summed E-state index contributed by atoms with van der Waals surface area (Å²) in [5.74, 6) is -1.10. The third kappa shape index (κ3) is 4.49. The Morgan fingerprint density at radius 3 is 2.67 bits per heavy atom.